The Labute approximate surface area is 123 Å². The number of nitrogens with zero attached hydrogens (tertiary/aromatic N) is 4. The molecule has 0 aliphatic carbocycles. The third-order valence-corrected chi connectivity index (χ3v) is 3.63. The number of hydrogen-bond donors (Lipinski definition) is 1. The molecule has 1 aliphatic rings. The highest BCUT2D eigenvalue weighted by atomic mass is 16.2. The van der Waals surface area contributed by atoms with Crippen LogP contribution in [0, 0.1) is 0 Å². The highest BCUT2D eigenvalue weighted by molar-refractivity contribution is 5.75. The molecule has 0 radical (unpaired) electrons. The van der Waals surface area contributed by atoms with Crippen molar-refractivity contribution in [2.75, 3.05) is 19.6 Å². The van der Waals surface area contributed by atoms with Crippen molar-refractivity contribution < 1.29 is 4.79 Å². The summed E-state index contributed by atoms with van der Waals surface area (Å²) in [6.07, 6.45) is 2.90. The molecular formula is C15H19N5O. The van der Waals surface area contributed by atoms with Gasteiger partial charge in [0.25, 0.3) is 0 Å². The molecule has 1 aromatic heterocycles. The molecule has 0 saturated carbocycles. The third kappa shape index (κ3) is 2.89. The lowest BCUT2D eigenvalue weighted by atomic mass is 10.1. The Bertz CT molecular complexity index is 604. The van der Waals surface area contributed by atoms with Crippen LogP contribution < -0.4 is 5.32 Å². The van der Waals surface area contributed by atoms with Crippen LogP contribution in [-0.4, -0.2) is 45.6 Å². The topological polar surface area (TPSA) is 63.1 Å². The second-order valence-electron chi connectivity index (χ2n) is 5.24. The summed E-state index contributed by atoms with van der Waals surface area (Å²) in [4.78, 5) is 13.6. The maximum absolute atomic E-state index is 11.8. The van der Waals surface area contributed by atoms with E-state index in [1.807, 2.05) is 48.1 Å². The fraction of sp³-hybridized carbons (Fsp3) is 0.400. The molecule has 3 rings (SSSR count). The van der Waals surface area contributed by atoms with Crippen LogP contribution in [-0.2, 0) is 0 Å². The number of rotatable bonds is 4. The molecule has 6 heteroatoms. The summed E-state index contributed by atoms with van der Waals surface area (Å²) in [5.74, 6) is 0. The summed E-state index contributed by atoms with van der Waals surface area (Å²) < 4.78 is 1.85. The van der Waals surface area contributed by atoms with E-state index in [1.165, 1.54) is 0 Å². The molecular weight excluding hydrogens is 266 g/mol. The van der Waals surface area contributed by atoms with E-state index >= 15 is 0 Å². The fourth-order valence-corrected chi connectivity index (χ4v) is 2.33. The largest absolute Gasteiger partial charge is 0.338 e. The number of carbonyl (C=O) groups is 1. The predicted octanol–water partition coefficient (Wildman–Crippen LogP) is 1.92. The number of likely N-dealkylation sites (tertiary alicyclic amines) is 1. The van der Waals surface area contributed by atoms with Gasteiger partial charge in [-0.3, -0.25) is 0 Å². The zero-order valence-corrected chi connectivity index (χ0v) is 12.1. The van der Waals surface area contributed by atoms with E-state index in [0.717, 1.165) is 24.2 Å². The molecule has 1 aromatic carbocycles. The maximum atomic E-state index is 11.8. The summed E-state index contributed by atoms with van der Waals surface area (Å²) in [7, 11) is 0. The number of carbonyl (C=O) groups excluding carboxylic acids is 1. The van der Waals surface area contributed by atoms with Crippen molar-refractivity contribution in [3.63, 3.8) is 0 Å². The molecule has 2 aromatic rings. The van der Waals surface area contributed by atoms with Gasteiger partial charge in [0.2, 0.25) is 0 Å². The molecule has 0 bridgehead atoms. The Hall–Kier alpha value is -2.37. The van der Waals surface area contributed by atoms with Gasteiger partial charge >= 0.3 is 6.03 Å². The van der Waals surface area contributed by atoms with Gasteiger partial charge in [-0.1, -0.05) is 42.5 Å². The Morgan fingerprint density at radius 1 is 1.33 bits per heavy atom. The van der Waals surface area contributed by atoms with Gasteiger partial charge in [0, 0.05) is 25.2 Å². The van der Waals surface area contributed by atoms with Gasteiger partial charge in [-0.2, -0.15) is 0 Å². The molecule has 0 unspecified atom stereocenters. The first-order chi connectivity index (χ1) is 10.3. The molecule has 0 spiro atoms. The van der Waals surface area contributed by atoms with Crippen molar-refractivity contribution in [1.82, 2.24) is 25.2 Å². The van der Waals surface area contributed by atoms with E-state index in [1.54, 1.807) is 4.90 Å². The minimum Gasteiger partial charge on any atom is -0.338 e. The normalized spacial score (nSPS) is 14.8. The second kappa shape index (κ2) is 5.95. The van der Waals surface area contributed by atoms with Gasteiger partial charge in [0.15, 0.2) is 0 Å². The first-order valence-electron chi connectivity index (χ1n) is 7.28. The Morgan fingerprint density at radius 2 is 2.10 bits per heavy atom. The van der Waals surface area contributed by atoms with E-state index in [9.17, 15) is 4.79 Å². The van der Waals surface area contributed by atoms with E-state index in [0.29, 0.717) is 13.1 Å². The van der Waals surface area contributed by atoms with Crippen molar-refractivity contribution in [3.8, 4) is 11.3 Å². The highest BCUT2D eigenvalue weighted by Gasteiger charge is 2.32. The zero-order chi connectivity index (χ0) is 14.7. The highest BCUT2D eigenvalue weighted by Crippen LogP contribution is 2.22. The van der Waals surface area contributed by atoms with E-state index < -0.39 is 0 Å². The van der Waals surface area contributed by atoms with Gasteiger partial charge in [-0.15, -0.1) is 5.10 Å². The van der Waals surface area contributed by atoms with Crippen LogP contribution in [0.15, 0.2) is 36.5 Å². The Morgan fingerprint density at radius 3 is 2.81 bits per heavy atom. The Balaban J connectivity index is 1.58. The molecule has 1 aliphatic heterocycles. The fourth-order valence-electron chi connectivity index (χ4n) is 2.33. The van der Waals surface area contributed by atoms with Crippen molar-refractivity contribution in [1.29, 1.82) is 0 Å². The molecule has 1 N–H and O–H groups in total. The van der Waals surface area contributed by atoms with Crippen LogP contribution in [0.2, 0.25) is 0 Å². The third-order valence-electron chi connectivity index (χ3n) is 3.63. The van der Waals surface area contributed by atoms with Gasteiger partial charge in [0.05, 0.1) is 12.2 Å². The average Bonchev–Trinajstić information content (AvgIpc) is 2.94. The molecule has 2 amide bonds. The lowest BCUT2D eigenvalue weighted by Gasteiger charge is -2.38. The van der Waals surface area contributed by atoms with Crippen LogP contribution in [0.1, 0.15) is 19.4 Å². The van der Waals surface area contributed by atoms with Crippen molar-refractivity contribution in [2.45, 2.75) is 19.4 Å². The van der Waals surface area contributed by atoms with Crippen molar-refractivity contribution >= 4 is 6.03 Å². The van der Waals surface area contributed by atoms with Gasteiger partial charge in [0.1, 0.15) is 5.69 Å². The first-order valence-corrected chi connectivity index (χ1v) is 7.28. The quantitative estimate of drug-likeness (QED) is 0.933. The minimum atomic E-state index is 0.0106. The number of urea groups is 1. The molecule has 6 nitrogen and oxygen atoms in total. The smallest absolute Gasteiger partial charge is 0.317 e. The van der Waals surface area contributed by atoms with E-state index in [2.05, 4.69) is 15.6 Å². The van der Waals surface area contributed by atoms with E-state index in [-0.39, 0.29) is 12.1 Å². The maximum Gasteiger partial charge on any atom is 0.317 e. The summed E-state index contributed by atoms with van der Waals surface area (Å²) in [5.41, 5.74) is 1.92. The predicted molar refractivity (Wildman–Crippen MR) is 79.8 cm³/mol. The minimum absolute atomic E-state index is 0.0106. The van der Waals surface area contributed by atoms with Gasteiger partial charge in [-0.05, 0) is 6.42 Å². The number of hydrogen-bond acceptors (Lipinski definition) is 3. The van der Waals surface area contributed by atoms with Crippen LogP contribution in [0.25, 0.3) is 11.3 Å². The molecule has 21 heavy (non-hydrogen) atoms. The van der Waals surface area contributed by atoms with Crippen LogP contribution in [0.4, 0.5) is 4.79 Å². The summed E-state index contributed by atoms with van der Waals surface area (Å²) >= 11 is 0. The van der Waals surface area contributed by atoms with Crippen molar-refractivity contribution in [2.24, 2.45) is 0 Å². The van der Waals surface area contributed by atoms with Gasteiger partial charge in [-0.25, -0.2) is 9.48 Å². The van der Waals surface area contributed by atoms with E-state index in [4.69, 9.17) is 0 Å². The Kier molecular flexibility index (Phi) is 3.85. The standard InChI is InChI=1S/C15H19N5O/c1-2-8-16-15(21)19-9-13(10-19)20-11-14(17-18-20)12-6-4-3-5-7-12/h3-7,11,13H,2,8-10H2,1H3,(H,16,21). The van der Waals surface area contributed by atoms with Crippen molar-refractivity contribution in [3.05, 3.63) is 36.5 Å². The van der Waals surface area contributed by atoms with Crippen LogP contribution in [0.3, 0.4) is 0 Å². The lowest BCUT2D eigenvalue weighted by Crippen LogP contribution is -2.54. The average molecular weight is 285 g/mol. The first kappa shape index (κ1) is 13.6. The molecule has 1 saturated heterocycles. The molecule has 0 atom stereocenters. The van der Waals surface area contributed by atoms with Crippen LogP contribution >= 0.6 is 0 Å². The second-order valence-corrected chi connectivity index (χ2v) is 5.24. The van der Waals surface area contributed by atoms with Crippen LogP contribution in [0.5, 0.6) is 0 Å². The number of nitrogens with one attached hydrogen (secondary N) is 1. The SMILES string of the molecule is CCCNC(=O)N1CC(n2cc(-c3ccccc3)nn2)C1. The number of aromatic nitrogens is 3. The van der Waals surface area contributed by atoms with Gasteiger partial charge < -0.3 is 10.2 Å². The monoisotopic (exact) mass is 285 g/mol. The number of amides is 2. The summed E-state index contributed by atoms with van der Waals surface area (Å²) in [6.45, 7) is 4.14. The summed E-state index contributed by atoms with van der Waals surface area (Å²) in [5, 5.41) is 11.3. The number of benzene rings is 1. The lowest BCUT2D eigenvalue weighted by molar-refractivity contribution is 0.117. The molecule has 2 heterocycles. The summed E-state index contributed by atoms with van der Waals surface area (Å²) in [6, 6.07) is 10.2. The molecule has 110 valence electrons. The molecule has 1 fully saturated rings. The zero-order valence-electron chi connectivity index (χ0n) is 12.1.